The van der Waals surface area contributed by atoms with E-state index in [1.807, 2.05) is 32.1 Å². The fourth-order valence-corrected chi connectivity index (χ4v) is 5.48. The number of benzene rings is 1. The first kappa shape index (κ1) is 20.8. The third-order valence-electron chi connectivity index (χ3n) is 5.54. The zero-order chi connectivity index (χ0) is 21.4. The van der Waals surface area contributed by atoms with Crippen molar-refractivity contribution in [2.45, 2.75) is 44.7 Å². The first-order valence-electron chi connectivity index (χ1n) is 10.2. The minimum Gasteiger partial charge on any atom is -0.494 e. The van der Waals surface area contributed by atoms with Gasteiger partial charge in [0, 0.05) is 25.0 Å². The summed E-state index contributed by atoms with van der Waals surface area (Å²) >= 11 is 7.15. The maximum atomic E-state index is 13.1. The smallest absolute Gasteiger partial charge is 0.266 e. The highest BCUT2D eigenvalue weighted by molar-refractivity contribution is 8.03. The van der Waals surface area contributed by atoms with Gasteiger partial charge in [-0.25, -0.2) is 0 Å². The Balaban J connectivity index is 1.76. The van der Waals surface area contributed by atoms with Gasteiger partial charge in [-0.15, -0.1) is 0 Å². The van der Waals surface area contributed by atoms with Crippen LogP contribution >= 0.6 is 24.0 Å². The highest BCUT2D eigenvalue weighted by Crippen LogP contribution is 2.45. The number of fused-ring (bicyclic) bond motifs is 1. The molecule has 0 unspecified atom stereocenters. The zero-order valence-corrected chi connectivity index (χ0v) is 19.0. The van der Waals surface area contributed by atoms with Crippen LogP contribution in [0.25, 0.3) is 5.57 Å². The number of thioether (sulfide) groups is 1. The molecule has 4 rings (SSSR count). The van der Waals surface area contributed by atoms with Gasteiger partial charge in [0.2, 0.25) is 5.88 Å². The van der Waals surface area contributed by atoms with Crippen LogP contribution in [0.2, 0.25) is 0 Å². The van der Waals surface area contributed by atoms with E-state index in [4.69, 9.17) is 12.2 Å². The topological polar surface area (TPSA) is 50.4 Å². The van der Waals surface area contributed by atoms with Crippen LogP contribution in [-0.4, -0.2) is 21.3 Å². The highest BCUT2D eigenvalue weighted by Gasteiger charge is 2.23. The lowest BCUT2D eigenvalue weighted by atomic mass is 9.95. The van der Waals surface area contributed by atoms with E-state index in [1.165, 1.54) is 10.6 Å². The normalized spacial score (nSPS) is 17.2. The fraction of sp³-hybridized carbons (Fsp3) is 0.304. The summed E-state index contributed by atoms with van der Waals surface area (Å²) in [5.41, 5.74) is 3.20. The number of nitrogens with zero attached hydrogens (tertiary/aromatic N) is 3. The summed E-state index contributed by atoms with van der Waals surface area (Å²) in [4.78, 5) is 16.5. The second-order valence-corrected chi connectivity index (χ2v) is 8.73. The van der Waals surface area contributed by atoms with Crippen molar-refractivity contribution >= 4 is 35.2 Å². The van der Waals surface area contributed by atoms with E-state index in [0.717, 1.165) is 29.0 Å². The second kappa shape index (κ2) is 8.32. The van der Waals surface area contributed by atoms with Gasteiger partial charge >= 0.3 is 0 Å². The van der Waals surface area contributed by atoms with Crippen LogP contribution in [0.4, 0.5) is 5.69 Å². The van der Waals surface area contributed by atoms with Crippen LogP contribution < -0.4 is 10.5 Å². The Hall–Kier alpha value is -2.51. The first-order chi connectivity index (χ1) is 14.5. The summed E-state index contributed by atoms with van der Waals surface area (Å²) in [5, 5.41) is 12.0. The maximum absolute atomic E-state index is 13.1. The number of allylic oxidation sites excluding steroid dienone is 5. The van der Waals surface area contributed by atoms with Gasteiger partial charge in [-0.05, 0) is 68.3 Å². The summed E-state index contributed by atoms with van der Waals surface area (Å²) < 4.78 is 3.52. The lowest BCUT2D eigenvalue weighted by Crippen LogP contribution is -2.27. The summed E-state index contributed by atoms with van der Waals surface area (Å²) in [6, 6.07) is 8.35. The van der Waals surface area contributed by atoms with E-state index in [0.29, 0.717) is 23.4 Å². The van der Waals surface area contributed by atoms with Crippen molar-refractivity contribution in [2.24, 2.45) is 0 Å². The largest absolute Gasteiger partial charge is 0.494 e. The van der Waals surface area contributed by atoms with Crippen LogP contribution in [0.3, 0.4) is 0 Å². The third kappa shape index (κ3) is 3.46. The van der Waals surface area contributed by atoms with Gasteiger partial charge in [-0.2, -0.15) is 0 Å². The molecule has 7 heteroatoms. The number of rotatable bonds is 4. The van der Waals surface area contributed by atoms with Gasteiger partial charge in [-0.1, -0.05) is 36.0 Å². The summed E-state index contributed by atoms with van der Waals surface area (Å²) in [6.07, 6.45) is 7.95. The molecule has 30 heavy (non-hydrogen) atoms. The van der Waals surface area contributed by atoms with Crippen LogP contribution in [0.1, 0.15) is 32.3 Å². The van der Waals surface area contributed by atoms with Gasteiger partial charge in [0.05, 0.1) is 10.7 Å². The summed E-state index contributed by atoms with van der Waals surface area (Å²) in [5.74, 6) is -0.0478. The molecule has 0 bridgehead atoms. The molecular formula is C23H25N3O2S2. The van der Waals surface area contributed by atoms with Crippen LogP contribution in [-0.2, 0) is 13.1 Å². The quantitative estimate of drug-likeness (QED) is 0.654. The van der Waals surface area contributed by atoms with Crippen LogP contribution in [0.5, 0.6) is 5.88 Å². The molecule has 0 saturated heterocycles. The minimum atomic E-state index is -0.235. The van der Waals surface area contributed by atoms with E-state index in [9.17, 15) is 9.90 Å². The van der Waals surface area contributed by atoms with E-state index >= 15 is 0 Å². The van der Waals surface area contributed by atoms with Crippen molar-refractivity contribution in [3.8, 4) is 5.88 Å². The molecule has 1 aromatic heterocycles. The van der Waals surface area contributed by atoms with Gasteiger partial charge in [-0.3, -0.25) is 13.9 Å². The Morgan fingerprint density at radius 1 is 1.20 bits per heavy atom. The summed E-state index contributed by atoms with van der Waals surface area (Å²) in [7, 11) is 2.07. The van der Waals surface area contributed by atoms with Crippen molar-refractivity contribution < 1.29 is 5.11 Å². The number of anilines is 1. The van der Waals surface area contributed by atoms with E-state index in [2.05, 4.69) is 36.2 Å². The monoisotopic (exact) mass is 439 g/mol. The Kier molecular flexibility index (Phi) is 5.75. The SMILES string of the molecule is CCn1c(O)c(C2=CCCC(C=C3Sc4ccccc4N3C)=C2)c(=O)n(CC)c1=S. The molecule has 2 aromatic rings. The molecule has 156 valence electrons. The first-order valence-corrected chi connectivity index (χ1v) is 11.4. The molecule has 0 spiro atoms. The molecule has 0 saturated carbocycles. The molecule has 2 heterocycles. The molecular weight excluding hydrogens is 414 g/mol. The molecule has 0 radical (unpaired) electrons. The number of hydrogen-bond acceptors (Lipinski definition) is 5. The van der Waals surface area contributed by atoms with Gasteiger partial charge < -0.3 is 10.0 Å². The van der Waals surface area contributed by atoms with Crippen LogP contribution in [0.15, 0.2) is 62.8 Å². The maximum Gasteiger partial charge on any atom is 0.266 e. The molecule has 0 amide bonds. The molecule has 5 nitrogen and oxygen atoms in total. The molecule has 0 fully saturated rings. The average molecular weight is 440 g/mol. The Morgan fingerprint density at radius 2 is 1.93 bits per heavy atom. The average Bonchev–Trinajstić information content (AvgIpc) is 3.04. The van der Waals surface area contributed by atoms with Crippen molar-refractivity contribution in [2.75, 3.05) is 11.9 Å². The number of hydrogen-bond donors (Lipinski definition) is 1. The number of aromatic nitrogens is 2. The van der Waals surface area contributed by atoms with Crippen LogP contribution in [0, 0.1) is 4.77 Å². The van der Waals surface area contributed by atoms with Crippen molar-refractivity contribution in [3.05, 3.63) is 73.8 Å². The Bertz CT molecular complexity index is 1220. The summed E-state index contributed by atoms with van der Waals surface area (Å²) in [6.45, 7) is 4.78. The molecule has 1 aromatic carbocycles. The lowest BCUT2D eigenvalue weighted by Gasteiger charge is -2.19. The molecule has 1 N–H and O–H groups in total. The van der Waals surface area contributed by atoms with Crippen molar-refractivity contribution in [1.82, 2.24) is 9.13 Å². The predicted molar refractivity (Wildman–Crippen MR) is 127 cm³/mol. The van der Waals surface area contributed by atoms with Gasteiger partial charge in [0.1, 0.15) is 5.56 Å². The molecule has 1 aliphatic heterocycles. The van der Waals surface area contributed by atoms with Gasteiger partial charge in [0.15, 0.2) is 4.77 Å². The van der Waals surface area contributed by atoms with E-state index in [-0.39, 0.29) is 11.4 Å². The standard InChI is InChI=1S/C23H25N3O2S2/c1-4-25-21(27)20(22(28)26(5-2)23(25)29)16-10-8-9-15(13-16)14-19-24(3)17-11-6-7-12-18(17)30-19/h6-7,10-14,27H,4-5,8-9H2,1-3H3. The zero-order valence-electron chi connectivity index (χ0n) is 17.4. The number of para-hydroxylation sites is 1. The molecule has 2 aliphatic rings. The van der Waals surface area contributed by atoms with Gasteiger partial charge in [0.25, 0.3) is 5.56 Å². The van der Waals surface area contributed by atoms with Crippen molar-refractivity contribution in [1.29, 1.82) is 0 Å². The number of aromatic hydroxyl groups is 1. The minimum absolute atomic E-state index is 0.0478. The molecule has 1 aliphatic carbocycles. The Morgan fingerprint density at radius 3 is 2.63 bits per heavy atom. The molecule has 0 atom stereocenters. The Labute approximate surface area is 185 Å². The van der Waals surface area contributed by atoms with Crippen molar-refractivity contribution in [3.63, 3.8) is 0 Å². The highest BCUT2D eigenvalue weighted by atomic mass is 32.2. The third-order valence-corrected chi connectivity index (χ3v) is 7.15. The lowest BCUT2D eigenvalue weighted by molar-refractivity contribution is 0.398. The van der Waals surface area contributed by atoms with E-state index in [1.54, 1.807) is 20.9 Å². The second-order valence-electron chi connectivity index (χ2n) is 7.30. The predicted octanol–water partition coefficient (Wildman–Crippen LogP) is 5.31. The van der Waals surface area contributed by atoms with E-state index < -0.39 is 0 Å². The fourth-order valence-electron chi connectivity index (χ4n) is 3.92.